The van der Waals surface area contributed by atoms with Crippen LogP contribution in [0.15, 0.2) is 0 Å². The summed E-state index contributed by atoms with van der Waals surface area (Å²) in [5, 5.41) is 0. The number of rotatable bonds is 2. The SMILES string of the molecule is COCC([NH])C(C)(C)C. The highest BCUT2D eigenvalue weighted by molar-refractivity contribution is 4.75. The van der Waals surface area contributed by atoms with Gasteiger partial charge in [-0.15, -0.1) is 0 Å². The normalized spacial score (nSPS) is 15.7. The van der Waals surface area contributed by atoms with Crippen LogP contribution in [0.4, 0.5) is 0 Å². The summed E-state index contributed by atoms with van der Waals surface area (Å²) < 4.78 is 4.84. The maximum atomic E-state index is 7.50. The van der Waals surface area contributed by atoms with E-state index in [1.54, 1.807) is 7.11 Å². The van der Waals surface area contributed by atoms with Crippen molar-refractivity contribution >= 4 is 0 Å². The van der Waals surface area contributed by atoms with Crippen LogP contribution in [-0.4, -0.2) is 19.8 Å². The molecule has 0 saturated heterocycles. The van der Waals surface area contributed by atoms with Gasteiger partial charge in [0, 0.05) is 13.2 Å². The van der Waals surface area contributed by atoms with Gasteiger partial charge in [-0.25, -0.2) is 0 Å². The second kappa shape index (κ2) is 3.18. The molecule has 1 N–H and O–H groups in total. The highest BCUT2D eigenvalue weighted by Gasteiger charge is 2.20. The third-order valence-corrected chi connectivity index (χ3v) is 1.38. The quantitative estimate of drug-likeness (QED) is 0.555. The minimum atomic E-state index is -0.109. The third kappa shape index (κ3) is 3.49. The maximum Gasteiger partial charge on any atom is 0.0634 e. The summed E-state index contributed by atoms with van der Waals surface area (Å²) in [7, 11) is 1.63. The monoisotopic (exact) mass is 130 g/mol. The van der Waals surface area contributed by atoms with Gasteiger partial charge in [-0.1, -0.05) is 20.8 Å². The molecule has 0 aliphatic rings. The lowest BCUT2D eigenvalue weighted by molar-refractivity contribution is 0.131. The topological polar surface area (TPSA) is 33.0 Å². The molecule has 0 saturated carbocycles. The van der Waals surface area contributed by atoms with Crippen LogP contribution in [0.3, 0.4) is 0 Å². The average Bonchev–Trinajstić information content (AvgIpc) is 1.64. The van der Waals surface area contributed by atoms with Crippen molar-refractivity contribution in [2.45, 2.75) is 26.8 Å². The zero-order valence-corrected chi connectivity index (χ0v) is 6.69. The Morgan fingerprint density at radius 1 is 1.44 bits per heavy atom. The summed E-state index contributed by atoms with van der Waals surface area (Å²) in [5.74, 6) is 0. The summed E-state index contributed by atoms with van der Waals surface area (Å²) in [4.78, 5) is 0. The zero-order valence-electron chi connectivity index (χ0n) is 6.69. The molecule has 0 aliphatic carbocycles. The Morgan fingerprint density at radius 3 is 2.00 bits per heavy atom. The van der Waals surface area contributed by atoms with Crippen LogP contribution >= 0.6 is 0 Å². The van der Waals surface area contributed by atoms with Crippen molar-refractivity contribution in [1.29, 1.82) is 0 Å². The molecule has 1 unspecified atom stereocenters. The van der Waals surface area contributed by atoms with Gasteiger partial charge in [0.05, 0.1) is 6.61 Å². The van der Waals surface area contributed by atoms with Gasteiger partial charge in [0.1, 0.15) is 0 Å². The molecule has 0 aromatic heterocycles. The standard InChI is InChI=1S/C7H16NO/c1-7(2,3)6(8)5-9-4/h6,8H,5H2,1-4H3. The first-order valence-corrected chi connectivity index (χ1v) is 3.18. The van der Waals surface area contributed by atoms with E-state index in [9.17, 15) is 0 Å². The minimum Gasteiger partial charge on any atom is -0.383 e. The lowest BCUT2D eigenvalue weighted by atomic mass is 9.88. The molecule has 0 aliphatic heterocycles. The Morgan fingerprint density at radius 2 is 1.89 bits per heavy atom. The highest BCUT2D eigenvalue weighted by atomic mass is 16.5. The number of methoxy groups -OCH3 is 1. The maximum absolute atomic E-state index is 7.50. The van der Waals surface area contributed by atoms with Crippen LogP contribution in [-0.2, 0) is 4.74 Å². The molecule has 0 bridgehead atoms. The van der Waals surface area contributed by atoms with Crippen LogP contribution in [0.5, 0.6) is 0 Å². The van der Waals surface area contributed by atoms with Crippen molar-refractivity contribution in [3.63, 3.8) is 0 Å². The van der Waals surface area contributed by atoms with E-state index in [0.717, 1.165) is 0 Å². The Kier molecular flexibility index (Phi) is 3.15. The van der Waals surface area contributed by atoms with Crippen LogP contribution in [0, 0.1) is 5.41 Å². The van der Waals surface area contributed by atoms with Crippen molar-refractivity contribution in [3.05, 3.63) is 0 Å². The molecular formula is C7H16NO. The Hall–Kier alpha value is -0.0800. The van der Waals surface area contributed by atoms with E-state index >= 15 is 0 Å². The predicted octanol–water partition coefficient (Wildman–Crippen LogP) is 1.33. The fraction of sp³-hybridized carbons (Fsp3) is 1.00. The van der Waals surface area contributed by atoms with E-state index in [2.05, 4.69) is 0 Å². The van der Waals surface area contributed by atoms with Crippen LogP contribution in [0.25, 0.3) is 0 Å². The van der Waals surface area contributed by atoms with Crippen LogP contribution in [0.1, 0.15) is 20.8 Å². The van der Waals surface area contributed by atoms with Gasteiger partial charge in [-0.3, -0.25) is 5.73 Å². The highest BCUT2D eigenvalue weighted by Crippen LogP contribution is 2.17. The van der Waals surface area contributed by atoms with Gasteiger partial charge in [-0.2, -0.15) is 0 Å². The molecule has 0 amide bonds. The van der Waals surface area contributed by atoms with E-state index < -0.39 is 0 Å². The number of hydrogen-bond donors (Lipinski definition) is 0. The summed E-state index contributed by atoms with van der Waals surface area (Å²) in [6.07, 6.45) is 0. The molecule has 1 atom stereocenters. The zero-order chi connectivity index (χ0) is 7.49. The van der Waals surface area contributed by atoms with Gasteiger partial charge < -0.3 is 4.74 Å². The van der Waals surface area contributed by atoms with Crippen LogP contribution < -0.4 is 5.73 Å². The molecule has 0 aromatic rings. The fourth-order valence-corrected chi connectivity index (χ4v) is 0.417. The molecular weight excluding hydrogens is 114 g/mol. The number of nitrogens with one attached hydrogen (secondary N) is 1. The van der Waals surface area contributed by atoms with E-state index in [-0.39, 0.29) is 11.5 Å². The number of hydrogen-bond acceptors (Lipinski definition) is 1. The van der Waals surface area contributed by atoms with E-state index in [4.69, 9.17) is 10.5 Å². The third-order valence-electron chi connectivity index (χ3n) is 1.38. The van der Waals surface area contributed by atoms with E-state index in [1.165, 1.54) is 0 Å². The van der Waals surface area contributed by atoms with E-state index in [0.29, 0.717) is 6.61 Å². The van der Waals surface area contributed by atoms with Crippen molar-refractivity contribution in [3.8, 4) is 0 Å². The largest absolute Gasteiger partial charge is 0.383 e. The van der Waals surface area contributed by atoms with Gasteiger partial charge in [-0.05, 0) is 5.41 Å². The smallest absolute Gasteiger partial charge is 0.0634 e. The molecule has 2 heteroatoms. The summed E-state index contributed by atoms with van der Waals surface area (Å²) in [6, 6.07) is -0.109. The summed E-state index contributed by atoms with van der Waals surface area (Å²) >= 11 is 0. The summed E-state index contributed by atoms with van der Waals surface area (Å²) in [6.45, 7) is 6.67. The summed E-state index contributed by atoms with van der Waals surface area (Å²) in [5.41, 5.74) is 7.55. The average molecular weight is 130 g/mol. The molecule has 1 radical (unpaired) electrons. The van der Waals surface area contributed by atoms with Gasteiger partial charge in [0.2, 0.25) is 0 Å². The molecule has 55 valence electrons. The Bertz CT molecular complexity index is 75.5. The molecule has 0 spiro atoms. The molecule has 0 rings (SSSR count). The minimum absolute atomic E-state index is 0.0516. The van der Waals surface area contributed by atoms with Gasteiger partial charge in [0.15, 0.2) is 0 Å². The van der Waals surface area contributed by atoms with Crippen molar-refractivity contribution < 1.29 is 4.74 Å². The lowest BCUT2D eigenvalue weighted by Gasteiger charge is -2.24. The van der Waals surface area contributed by atoms with Crippen molar-refractivity contribution in [1.82, 2.24) is 5.73 Å². The first kappa shape index (κ1) is 8.92. The van der Waals surface area contributed by atoms with Crippen LogP contribution in [0.2, 0.25) is 0 Å². The van der Waals surface area contributed by atoms with Gasteiger partial charge >= 0.3 is 0 Å². The first-order chi connectivity index (χ1) is 3.98. The molecule has 0 aromatic carbocycles. The predicted molar refractivity (Wildman–Crippen MR) is 38.2 cm³/mol. The molecule has 0 heterocycles. The van der Waals surface area contributed by atoms with Crippen molar-refractivity contribution in [2.24, 2.45) is 5.41 Å². The second-order valence-corrected chi connectivity index (χ2v) is 3.37. The molecule has 9 heavy (non-hydrogen) atoms. The number of ether oxygens (including phenoxy) is 1. The van der Waals surface area contributed by atoms with E-state index in [1.807, 2.05) is 20.8 Å². The second-order valence-electron chi connectivity index (χ2n) is 3.37. The molecule has 0 fully saturated rings. The Labute approximate surface area is 57.4 Å². The fourth-order valence-electron chi connectivity index (χ4n) is 0.417. The van der Waals surface area contributed by atoms with Gasteiger partial charge in [0.25, 0.3) is 0 Å². The Balaban J connectivity index is 3.59. The first-order valence-electron chi connectivity index (χ1n) is 3.18. The lowest BCUT2D eigenvalue weighted by Crippen LogP contribution is -2.31. The van der Waals surface area contributed by atoms with Crippen molar-refractivity contribution in [2.75, 3.05) is 13.7 Å². The molecule has 2 nitrogen and oxygen atoms in total.